The van der Waals surface area contributed by atoms with Crippen LogP contribution in [0.25, 0.3) is 22.1 Å². The minimum absolute atomic E-state index is 0.627. The van der Waals surface area contributed by atoms with E-state index in [0.29, 0.717) is 6.04 Å². The maximum absolute atomic E-state index is 6.14. The highest BCUT2D eigenvalue weighted by Gasteiger charge is 2.21. The lowest BCUT2D eigenvalue weighted by atomic mass is 9.99. The molecule has 0 spiro atoms. The molecular formula is C23H27NO2. The molecule has 3 heteroatoms. The van der Waals surface area contributed by atoms with Crippen LogP contribution in [-0.4, -0.2) is 24.6 Å². The number of nitrogens with zero attached hydrogens (tertiary/aromatic N) is 1. The molecule has 3 nitrogen and oxygen atoms in total. The maximum atomic E-state index is 6.14. The van der Waals surface area contributed by atoms with Gasteiger partial charge in [0, 0.05) is 29.1 Å². The van der Waals surface area contributed by atoms with E-state index in [1.807, 2.05) is 13.0 Å². The van der Waals surface area contributed by atoms with Crippen molar-refractivity contribution >= 4 is 11.0 Å². The van der Waals surface area contributed by atoms with Crippen molar-refractivity contribution in [2.45, 2.75) is 45.7 Å². The van der Waals surface area contributed by atoms with Crippen LogP contribution in [0.4, 0.5) is 0 Å². The van der Waals surface area contributed by atoms with E-state index in [1.54, 1.807) is 7.11 Å². The molecule has 0 saturated carbocycles. The molecule has 136 valence electrons. The number of likely N-dealkylation sites (tertiary alicyclic amines) is 1. The summed E-state index contributed by atoms with van der Waals surface area (Å²) in [5, 5.41) is 1.13. The molecule has 2 aromatic carbocycles. The molecule has 0 bridgehead atoms. The second-order valence-electron chi connectivity index (χ2n) is 7.37. The van der Waals surface area contributed by atoms with Crippen molar-refractivity contribution in [1.82, 2.24) is 4.90 Å². The second-order valence-corrected chi connectivity index (χ2v) is 7.37. The Balaban J connectivity index is 1.77. The molecule has 1 aliphatic heterocycles. The van der Waals surface area contributed by atoms with Crippen LogP contribution < -0.4 is 4.74 Å². The zero-order valence-corrected chi connectivity index (χ0v) is 15.9. The molecule has 0 amide bonds. The zero-order valence-electron chi connectivity index (χ0n) is 15.9. The first-order valence-electron chi connectivity index (χ1n) is 9.57. The SMILES string of the molecule is COc1cc2c(-c3ccccc3)c(C)oc2cc1CN1CCCC[C@H]1C. The summed E-state index contributed by atoms with van der Waals surface area (Å²) < 4.78 is 11.9. The first kappa shape index (κ1) is 17.2. The van der Waals surface area contributed by atoms with Crippen LogP contribution in [0.15, 0.2) is 46.9 Å². The summed E-state index contributed by atoms with van der Waals surface area (Å²) in [6.07, 6.45) is 3.90. The van der Waals surface area contributed by atoms with Crippen LogP contribution in [0, 0.1) is 6.92 Å². The fraction of sp³-hybridized carbons (Fsp3) is 0.391. The molecular weight excluding hydrogens is 322 g/mol. The molecule has 3 aromatic rings. The van der Waals surface area contributed by atoms with E-state index in [4.69, 9.17) is 9.15 Å². The van der Waals surface area contributed by atoms with Crippen molar-refractivity contribution in [2.75, 3.05) is 13.7 Å². The molecule has 1 aliphatic rings. The first-order chi connectivity index (χ1) is 12.7. The lowest BCUT2D eigenvalue weighted by molar-refractivity contribution is 0.151. The Morgan fingerprint density at radius 2 is 1.96 bits per heavy atom. The third kappa shape index (κ3) is 3.12. The number of rotatable bonds is 4. The van der Waals surface area contributed by atoms with Crippen LogP contribution in [0.1, 0.15) is 37.5 Å². The maximum Gasteiger partial charge on any atom is 0.135 e. The lowest BCUT2D eigenvalue weighted by Gasteiger charge is -2.33. The Labute approximate surface area is 155 Å². The molecule has 0 aliphatic carbocycles. The van der Waals surface area contributed by atoms with Crippen LogP contribution in [0.3, 0.4) is 0 Å². The summed E-state index contributed by atoms with van der Waals surface area (Å²) in [6.45, 7) is 6.45. The zero-order chi connectivity index (χ0) is 18.1. The lowest BCUT2D eigenvalue weighted by Crippen LogP contribution is -2.36. The fourth-order valence-corrected chi connectivity index (χ4v) is 4.18. The number of benzene rings is 2. The van der Waals surface area contributed by atoms with E-state index in [9.17, 15) is 0 Å². The van der Waals surface area contributed by atoms with Crippen LogP contribution in [0.5, 0.6) is 5.75 Å². The average molecular weight is 349 g/mol. The van der Waals surface area contributed by atoms with Crippen LogP contribution >= 0.6 is 0 Å². The second kappa shape index (κ2) is 7.16. The number of fused-ring (bicyclic) bond motifs is 1. The quantitative estimate of drug-likeness (QED) is 0.596. The van der Waals surface area contributed by atoms with E-state index in [1.165, 1.54) is 30.4 Å². The number of piperidine rings is 1. The van der Waals surface area contributed by atoms with Gasteiger partial charge in [-0.25, -0.2) is 0 Å². The van der Waals surface area contributed by atoms with E-state index in [2.05, 4.69) is 48.2 Å². The Bertz CT molecular complexity index is 897. The Hall–Kier alpha value is -2.26. The number of ether oxygens (including phenoxy) is 1. The van der Waals surface area contributed by atoms with E-state index >= 15 is 0 Å². The van der Waals surface area contributed by atoms with Gasteiger partial charge in [0.25, 0.3) is 0 Å². The van der Waals surface area contributed by atoms with Gasteiger partial charge in [0.2, 0.25) is 0 Å². The number of hydrogen-bond acceptors (Lipinski definition) is 3. The fourth-order valence-electron chi connectivity index (χ4n) is 4.18. The van der Waals surface area contributed by atoms with Gasteiger partial charge in [-0.1, -0.05) is 36.8 Å². The number of hydrogen-bond donors (Lipinski definition) is 0. The van der Waals surface area contributed by atoms with E-state index < -0.39 is 0 Å². The first-order valence-corrected chi connectivity index (χ1v) is 9.57. The normalized spacial score (nSPS) is 18.3. The molecule has 1 saturated heterocycles. The van der Waals surface area contributed by atoms with Crippen molar-refractivity contribution in [2.24, 2.45) is 0 Å². The molecule has 0 radical (unpaired) electrons. The summed E-state index contributed by atoms with van der Waals surface area (Å²) >= 11 is 0. The predicted octanol–water partition coefficient (Wildman–Crippen LogP) is 5.79. The highest BCUT2D eigenvalue weighted by Crippen LogP contribution is 2.38. The molecule has 0 N–H and O–H groups in total. The molecule has 2 heterocycles. The minimum atomic E-state index is 0.627. The Morgan fingerprint density at radius 1 is 1.15 bits per heavy atom. The summed E-state index contributed by atoms with van der Waals surface area (Å²) in [7, 11) is 1.76. The van der Waals surface area contributed by atoms with Crippen molar-refractivity contribution < 1.29 is 9.15 Å². The molecule has 1 fully saturated rings. The van der Waals surface area contributed by atoms with Gasteiger partial charge in [-0.15, -0.1) is 0 Å². The van der Waals surface area contributed by atoms with Gasteiger partial charge in [0.1, 0.15) is 17.1 Å². The van der Waals surface area contributed by atoms with Crippen LogP contribution in [-0.2, 0) is 6.54 Å². The molecule has 1 atom stereocenters. The Kier molecular flexibility index (Phi) is 4.73. The van der Waals surface area contributed by atoms with Gasteiger partial charge < -0.3 is 9.15 Å². The van der Waals surface area contributed by atoms with Gasteiger partial charge in [-0.05, 0) is 50.9 Å². The summed E-state index contributed by atoms with van der Waals surface area (Å²) in [4.78, 5) is 2.56. The Morgan fingerprint density at radius 3 is 2.69 bits per heavy atom. The van der Waals surface area contributed by atoms with Crippen molar-refractivity contribution in [3.05, 3.63) is 53.8 Å². The highest BCUT2D eigenvalue weighted by atomic mass is 16.5. The standard InChI is InChI=1S/C23H27NO2/c1-16-9-7-8-12-24(16)15-19-13-22-20(14-21(19)25-3)23(17(2)26-22)18-10-5-4-6-11-18/h4-6,10-11,13-14,16H,7-9,12,15H2,1-3H3/t16-/m1/s1. The summed E-state index contributed by atoms with van der Waals surface area (Å²) in [5.74, 6) is 1.91. The monoisotopic (exact) mass is 349 g/mol. The molecule has 26 heavy (non-hydrogen) atoms. The predicted molar refractivity (Wildman–Crippen MR) is 107 cm³/mol. The van der Waals surface area contributed by atoms with Crippen molar-refractivity contribution in [3.8, 4) is 16.9 Å². The van der Waals surface area contributed by atoms with Crippen molar-refractivity contribution in [3.63, 3.8) is 0 Å². The van der Waals surface area contributed by atoms with E-state index in [0.717, 1.165) is 41.1 Å². The van der Waals surface area contributed by atoms with Gasteiger partial charge >= 0.3 is 0 Å². The van der Waals surface area contributed by atoms with Gasteiger partial charge in [0.15, 0.2) is 0 Å². The topological polar surface area (TPSA) is 25.6 Å². The number of furan rings is 1. The van der Waals surface area contributed by atoms with Gasteiger partial charge in [-0.3, -0.25) is 4.90 Å². The molecule has 0 unspecified atom stereocenters. The average Bonchev–Trinajstić information content (AvgIpc) is 2.98. The smallest absolute Gasteiger partial charge is 0.135 e. The van der Waals surface area contributed by atoms with Crippen molar-refractivity contribution in [1.29, 1.82) is 0 Å². The third-order valence-electron chi connectivity index (χ3n) is 5.64. The molecule has 1 aromatic heterocycles. The summed E-state index contributed by atoms with van der Waals surface area (Å²) in [6, 6.07) is 15.4. The highest BCUT2D eigenvalue weighted by molar-refractivity contribution is 5.97. The molecule has 4 rings (SSSR count). The summed E-state index contributed by atoms with van der Waals surface area (Å²) in [5.41, 5.74) is 4.50. The number of methoxy groups -OCH3 is 1. The van der Waals surface area contributed by atoms with Gasteiger partial charge in [-0.2, -0.15) is 0 Å². The number of aryl methyl sites for hydroxylation is 1. The third-order valence-corrected chi connectivity index (χ3v) is 5.64. The van der Waals surface area contributed by atoms with Crippen LogP contribution in [0.2, 0.25) is 0 Å². The largest absolute Gasteiger partial charge is 0.496 e. The minimum Gasteiger partial charge on any atom is -0.496 e. The van der Waals surface area contributed by atoms with Gasteiger partial charge in [0.05, 0.1) is 7.11 Å². The van der Waals surface area contributed by atoms with E-state index in [-0.39, 0.29) is 0 Å².